The number of nitrogens with one attached hydrogen (secondary N) is 3. The van der Waals surface area contributed by atoms with Gasteiger partial charge in [-0.15, -0.1) is 0 Å². The van der Waals surface area contributed by atoms with Crippen molar-refractivity contribution in [1.29, 1.82) is 0 Å². The van der Waals surface area contributed by atoms with Crippen molar-refractivity contribution in [3.8, 4) is 5.75 Å². The number of amides is 3. The van der Waals surface area contributed by atoms with E-state index in [1.54, 1.807) is 52.0 Å². The van der Waals surface area contributed by atoms with E-state index in [0.29, 0.717) is 17.9 Å². The maximum atomic E-state index is 13.7. The van der Waals surface area contributed by atoms with Gasteiger partial charge in [-0.25, -0.2) is 4.79 Å². The van der Waals surface area contributed by atoms with Crippen LogP contribution in [-0.2, 0) is 53.0 Å². The summed E-state index contributed by atoms with van der Waals surface area (Å²) < 4.78 is 21.5. The molecule has 0 spiro atoms. The number of esters is 2. The molecule has 0 fully saturated rings. The molecule has 3 rings (SSSR count). The van der Waals surface area contributed by atoms with Crippen LogP contribution in [0.1, 0.15) is 57.2 Å². The highest BCUT2D eigenvalue weighted by molar-refractivity contribution is 5.92. The molecule has 3 aromatic carbocycles. The first kappa shape index (κ1) is 38.1. The summed E-state index contributed by atoms with van der Waals surface area (Å²) in [7, 11) is 0. The highest BCUT2D eigenvalue weighted by atomic mass is 16.6. The molecule has 3 amide bonds. The van der Waals surface area contributed by atoms with Crippen LogP contribution in [0, 0.1) is 0 Å². The molecule has 0 bridgehead atoms. The van der Waals surface area contributed by atoms with Gasteiger partial charge in [-0.3, -0.25) is 19.2 Å². The highest BCUT2D eigenvalue weighted by Crippen LogP contribution is 2.16. The number of alkyl carbamates (subject to hydrolysis) is 1. The third kappa shape index (κ3) is 14.9. The van der Waals surface area contributed by atoms with E-state index in [-0.39, 0.29) is 32.5 Å². The van der Waals surface area contributed by atoms with Gasteiger partial charge in [-0.1, -0.05) is 72.8 Å². The molecule has 0 aliphatic carbocycles. The lowest BCUT2D eigenvalue weighted by molar-refractivity contribution is -0.146. The largest absolute Gasteiger partial charge is 0.489 e. The molecule has 0 aliphatic rings. The lowest BCUT2D eigenvalue weighted by atomic mass is 10.0. The zero-order valence-electron chi connectivity index (χ0n) is 28.4. The van der Waals surface area contributed by atoms with E-state index < -0.39 is 54.1 Å². The van der Waals surface area contributed by atoms with Crippen molar-refractivity contribution in [3.05, 3.63) is 102 Å². The van der Waals surface area contributed by atoms with Gasteiger partial charge in [-0.05, 0) is 62.9 Å². The van der Waals surface area contributed by atoms with Crippen molar-refractivity contribution >= 4 is 29.8 Å². The van der Waals surface area contributed by atoms with E-state index in [1.807, 2.05) is 60.7 Å². The number of benzene rings is 3. The standard InChI is InChI=1S/C37H45N3O9/c1-5-46-33(42)23-38-34(43)30(20-21-32(41)48-25-28-14-10-7-11-15-28)39-35(44)31(40-36(45)49-37(2,3)4)22-26-16-18-29(19-17-26)47-24-27-12-8-6-9-13-27/h6-19,30-31H,5,20-25H2,1-4H3,(H,38,43)(H,39,44)(H,40,45)/t30-,31-/m0/s1. The Kier molecular flexibility index (Phi) is 15.1. The Morgan fingerprint density at radius 2 is 1.29 bits per heavy atom. The van der Waals surface area contributed by atoms with E-state index in [1.165, 1.54) is 0 Å². The van der Waals surface area contributed by atoms with Crippen LogP contribution in [0.2, 0.25) is 0 Å². The normalized spacial score (nSPS) is 12.1. The van der Waals surface area contributed by atoms with Crippen LogP contribution in [-0.4, -0.2) is 60.7 Å². The fourth-order valence-electron chi connectivity index (χ4n) is 4.47. The molecule has 0 radical (unpaired) electrons. The van der Waals surface area contributed by atoms with Gasteiger partial charge in [0.2, 0.25) is 11.8 Å². The van der Waals surface area contributed by atoms with Crippen LogP contribution < -0.4 is 20.7 Å². The number of hydrogen-bond donors (Lipinski definition) is 3. The Bertz CT molecular complexity index is 1510. The minimum atomic E-state index is -1.25. The molecule has 12 nitrogen and oxygen atoms in total. The molecule has 0 heterocycles. The highest BCUT2D eigenvalue weighted by Gasteiger charge is 2.29. The van der Waals surface area contributed by atoms with Crippen molar-refractivity contribution in [2.24, 2.45) is 0 Å². The molecule has 49 heavy (non-hydrogen) atoms. The smallest absolute Gasteiger partial charge is 0.408 e. The first-order valence-corrected chi connectivity index (χ1v) is 16.1. The summed E-state index contributed by atoms with van der Waals surface area (Å²) in [6.07, 6.45) is -1.14. The second-order valence-corrected chi connectivity index (χ2v) is 12.1. The molecule has 0 saturated heterocycles. The van der Waals surface area contributed by atoms with Crippen LogP contribution in [0.3, 0.4) is 0 Å². The molecular formula is C37H45N3O9. The van der Waals surface area contributed by atoms with E-state index in [0.717, 1.165) is 11.1 Å². The van der Waals surface area contributed by atoms with Gasteiger partial charge in [0.05, 0.1) is 6.61 Å². The van der Waals surface area contributed by atoms with Crippen molar-refractivity contribution in [2.45, 2.75) is 77.9 Å². The van der Waals surface area contributed by atoms with Gasteiger partial charge in [0.15, 0.2) is 0 Å². The second-order valence-electron chi connectivity index (χ2n) is 12.1. The molecule has 3 N–H and O–H groups in total. The van der Waals surface area contributed by atoms with Crippen LogP contribution >= 0.6 is 0 Å². The summed E-state index contributed by atoms with van der Waals surface area (Å²) >= 11 is 0. The Morgan fingerprint density at radius 3 is 1.88 bits per heavy atom. The lowest BCUT2D eigenvalue weighted by Gasteiger charge is -2.25. The Hall–Kier alpha value is -5.39. The second kappa shape index (κ2) is 19.4. The zero-order chi connectivity index (χ0) is 35.6. The molecular weight excluding hydrogens is 630 g/mol. The summed E-state index contributed by atoms with van der Waals surface area (Å²) in [6, 6.07) is 23.4. The summed E-state index contributed by atoms with van der Waals surface area (Å²) in [6.45, 7) is 6.82. The van der Waals surface area contributed by atoms with Crippen LogP contribution in [0.15, 0.2) is 84.9 Å². The summed E-state index contributed by atoms with van der Waals surface area (Å²) in [4.78, 5) is 64.1. The fourth-order valence-corrected chi connectivity index (χ4v) is 4.47. The van der Waals surface area contributed by atoms with Crippen molar-refractivity contribution in [2.75, 3.05) is 13.2 Å². The van der Waals surface area contributed by atoms with E-state index in [9.17, 15) is 24.0 Å². The maximum absolute atomic E-state index is 13.7. The fraction of sp³-hybridized carbons (Fsp3) is 0.378. The average Bonchev–Trinajstić information content (AvgIpc) is 3.07. The number of carbonyl (C=O) groups is 5. The first-order valence-electron chi connectivity index (χ1n) is 16.1. The van der Waals surface area contributed by atoms with Crippen LogP contribution in [0.25, 0.3) is 0 Å². The SMILES string of the molecule is CCOC(=O)CNC(=O)[C@H](CCC(=O)OCc1ccccc1)NC(=O)[C@H](Cc1ccc(OCc2ccccc2)cc1)NC(=O)OC(C)(C)C. The predicted octanol–water partition coefficient (Wildman–Crippen LogP) is 4.39. The monoisotopic (exact) mass is 675 g/mol. The Labute approximate surface area is 286 Å². The molecule has 0 saturated carbocycles. The van der Waals surface area contributed by atoms with Gasteiger partial charge in [0.1, 0.15) is 43.2 Å². The summed E-state index contributed by atoms with van der Waals surface area (Å²) in [5.41, 5.74) is 1.66. The summed E-state index contributed by atoms with van der Waals surface area (Å²) in [5, 5.41) is 7.67. The maximum Gasteiger partial charge on any atom is 0.408 e. The van der Waals surface area contributed by atoms with Crippen molar-refractivity contribution in [3.63, 3.8) is 0 Å². The average molecular weight is 676 g/mol. The molecule has 12 heteroatoms. The first-order chi connectivity index (χ1) is 23.4. The van der Waals surface area contributed by atoms with E-state index in [4.69, 9.17) is 18.9 Å². The third-order valence-corrected chi connectivity index (χ3v) is 6.84. The Balaban J connectivity index is 1.72. The molecule has 0 aliphatic heterocycles. The van der Waals surface area contributed by atoms with Crippen molar-refractivity contribution in [1.82, 2.24) is 16.0 Å². The van der Waals surface area contributed by atoms with E-state index >= 15 is 0 Å². The van der Waals surface area contributed by atoms with Gasteiger partial charge >= 0.3 is 18.0 Å². The predicted molar refractivity (Wildman–Crippen MR) is 181 cm³/mol. The number of hydrogen-bond acceptors (Lipinski definition) is 9. The van der Waals surface area contributed by atoms with Gasteiger partial charge in [0, 0.05) is 12.8 Å². The van der Waals surface area contributed by atoms with Crippen LogP contribution in [0.5, 0.6) is 5.75 Å². The molecule has 2 atom stereocenters. The number of carbonyl (C=O) groups excluding carboxylic acids is 5. The minimum absolute atomic E-state index is 0.0420. The minimum Gasteiger partial charge on any atom is -0.489 e. The van der Waals surface area contributed by atoms with Gasteiger partial charge in [-0.2, -0.15) is 0 Å². The third-order valence-electron chi connectivity index (χ3n) is 6.84. The quantitative estimate of drug-likeness (QED) is 0.139. The van der Waals surface area contributed by atoms with Gasteiger partial charge < -0.3 is 34.9 Å². The molecule has 0 aromatic heterocycles. The molecule has 0 unspecified atom stereocenters. The number of rotatable bonds is 17. The Morgan fingerprint density at radius 1 is 0.673 bits per heavy atom. The zero-order valence-corrected chi connectivity index (χ0v) is 28.4. The van der Waals surface area contributed by atoms with Gasteiger partial charge in [0.25, 0.3) is 0 Å². The topological polar surface area (TPSA) is 158 Å². The number of ether oxygens (including phenoxy) is 4. The van der Waals surface area contributed by atoms with E-state index in [2.05, 4.69) is 16.0 Å². The summed E-state index contributed by atoms with van der Waals surface area (Å²) in [5.74, 6) is -2.05. The molecule has 262 valence electrons. The lowest BCUT2D eigenvalue weighted by Crippen LogP contribution is -2.55. The van der Waals surface area contributed by atoms with Crippen LogP contribution in [0.4, 0.5) is 4.79 Å². The molecule has 3 aromatic rings. The van der Waals surface area contributed by atoms with Crippen molar-refractivity contribution < 1.29 is 42.9 Å².